The maximum Gasteiger partial charge on any atom is 0.0501 e. The molecule has 0 amide bonds. The molecular formula is C17H32N2O2. The summed E-state index contributed by atoms with van der Waals surface area (Å²) in [5, 5.41) is 9.84. The van der Waals surface area contributed by atoms with Crippen LogP contribution in [0.15, 0.2) is 0 Å². The Morgan fingerprint density at radius 1 is 0.952 bits per heavy atom. The molecule has 0 saturated carbocycles. The normalized spacial score (nSPS) is 29.6. The fourth-order valence-electron chi connectivity index (χ4n) is 4.37. The van der Waals surface area contributed by atoms with E-state index in [-0.39, 0.29) is 5.41 Å². The molecule has 0 spiro atoms. The highest BCUT2D eigenvalue weighted by Gasteiger charge is 2.35. The van der Waals surface area contributed by atoms with Crippen LogP contribution in [0.1, 0.15) is 44.9 Å². The Kier molecular flexibility index (Phi) is 5.54. The fourth-order valence-corrected chi connectivity index (χ4v) is 4.37. The van der Waals surface area contributed by atoms with E-state index in [4.69, 9.17) is 4.74 Å². The van der Waals surface area contributed by atoms with E-state index < -0.39 is 0 Å². The number of likely N-dealkylation sites (tertiary alicyclic amines) is 2. The largest absolute Gasteiger partial charge is 0.396 e. The van der Waals surface area contributed by atoms with Crippen molar-refractivity contribution in [1.82, 2.24) is 9.80 Å². The van der Waals surface area contributed by atoms with Crippen molar-refractivity contribution in [2.24, 2.45) is 5.41 Å². The number of rotatable bonds is 4. The van der Waals surface area contributed by atoms with Crippen LogP contribution < -0.4 is 0 Å². The summed E-state index contributed by atoms with van der Waals surface area (Å²) in [5.74, 6) is 0. The number of aliphatic hydroxyl groups is 1. The molecule has 1 N–H and O–H groups in total. The van der Waals surface area contributed by atoms with Crippen LogP contribution in [0.3, 0.4) is 0 Å². The van der Waals surface area contributed by atoms with Gasteiger partial charge < -0.3 is 19.6 Å². The lowest BCUT2D eigenvalue weighted by Crippen LogP contribution is -2.50. The van der Waals surface area contributed by atoms with Gasteiger partial charge in [-0.2, -0.15) is 0 Å². The maximum atomic E-state index is 9.84. The third-order valence-corrected chi connectivity index (χ3v) is 5.91. The van der Waals surface area contributed by atoms with Gasteiger partial charge in [-0.3, -0.25) is 0 Å². The molecule has 21 heavy (non-hydrogen) atoms. The van der Waals surface area contributed by atoms with Crippen molar-refractivity contribution in [1.29, 1.82) is 0 Å². The fraction of sp³-hybridized carbons (Fsp3) is 1.00. The highest BCUT2D eigenvalue weighted by Crippen LogP contribution is 2.32. The summed E-state index contributed by atoms with van der Waals surface area (Å²) in [6.45, 7) is 8.11. The van der Waals surface area contributed by atoms with Crippen LogP contribution in [0.25, 0.3) is 0 Å². The Hall–Kier alpha value is -0.160. The summed E-state index contributed by atoms with van der Waals surface area (Å²) in [6, 6.07) is 0.821. The zero-order valence-corrected chi connectivity index (χ0v) is 13.4. The van der Waals surface area contributed by atoms with Crippen molar-refractivity contribution in [3.05, 3.63) is 0 Å². The molecule has 4 heteroatoms. The van der Waals surface area contributed by atoms with Crippen LogP contribution in [0, 0.1) is 5.41 Å². The van der Waals surface area contributed by atoms with Gasteiger partial charge >= 0.3 is 0 Å². The molecule has 122 valence electrons. The van der Waals surface area contributed by atoms with Crippen molar-refractivity contribution in [2.75, 3.05) is 52.5 Å². The first-order valence-electron chi connectivity index (χ1n) is 8.96. The zero-order chi connectivity index (χ0) is 14.5. The van der Waals surface area contributed by atoms with E-state index in [1.165, 1.54) is 58.3 Å². The van der Waals surface area contributed by atoms with Gasteiger partial charge in [-0.1, -0.05) is 6.42 Å². The monoisotopic (exact) mass is 296 g/mol. The van der Waals surface area contributed by atoms with Crippen molar-refractivity contribution in [3.63, 3.8) is 0 Å². The van der Waals surface area contributed by atoms with E-state index >= 15 is 0 Å². The van der Waals surface area contributed by atoms with Gasteiger partial charge in [0, 0.05) is 31.2 Å². The van der Waals surface area contributed by atoms with E-state index in [2.05, 4.69) is 9.80 Å². The first-order valence-corrected chi connectivity index (χ1v) is 8.96. The number of hydrogen-bond donors (Lipinski definition) is 1. The molecule has 0 aromatic rings. The average Bonchev–Trinajstić information content (AvgIpc) is 2.57. The third-order valence-electron chi connectivity index (χ3n) is 5.91. The summed E-state index contributed by atoms with van der Waals surface area (Å²) < 4.78 is 5.48. The Morgan fingerprint density at radius 3 is 2.24 bits per heavy atom. The molecule has 0 atom stereocenters. The minimum Gasteiger partial charge on any atom is -0.396 e. The summed E-state index contributed by atoms with van der Waals surface area (Å²) in [6.07, 6.45) is 8.90. The SMILES string of the molecule is OCC1(CN2CCC(N3CCCCC3)CC2)CCOCC1. The number of aliphatic hydroxyl groups excluding tert-OH is 1. The molecular weight excluding hydrogens is 264 g/mol. The molecule has 0 radical (unpaired) electrons. The highest BCUT2D eigenvalue weighted by molar-refractivity contribution is 4.88. The number of ether oxygens (including phenoxy) is 1. The Morgan fingerprint density at radius 2 is 1.62 bits per heavy atom. The molecule has 3 aliphatic heterocycles. The quantitative estimate of drug-likeness (QED) is 0.857. The minimum atomic E-state index is 0.107. The van der Waals surface area contributed by atoms with Gasteiger partial charge in [0.1, 0.15) is 0 Å². The highest BCUT2D eigenvalue weighted by atomic mass is 16.5. The Balaban J connectivity index is 1.46. The standard InChI is InChI=1S/C17H32N2O2/c20-15-17(6-12-21-13-7-17)14-18-10-4-16(5-11-18)19-8-2-1-3-9-19/h16,20H,1-15H2. The topological polar surface area (TPSA) is 35.9 Å². The predicted octanol–water partition coefficient (Wildman–Crippen LogP) is 1.73. The van der Waals surface area contributed by atoms with Crippen LogP contribution in [0.4, 0.5) is 0 Å². The summed E-state index contributed by atoms with van der Waals surface area (Å²) in [4.78, 5) is 5.33. The molecule has 3 fully saturated rings. The van der Waals surface area contributed by atoms with Crippen LogP contribution >= 0.6 is 0 Å². The van der Waals surface area contributed by atoms with Gasteiger partial charge in [0.15, 0.2) is 0 Å². The van der Waals surface area contributed by atoms with Crippen LogP contribution in [-0.2, 0) is 4.74 Å². The first-order chi connectivity index (χ1) is 10.3. The smallest absolute Gasteiger partial charge is 0.0501 e. The van der Waals surface area contributed by atoms with Gasteiger partial charge in [0.2, 0.25) is 0 Å². The summed E-state index contributed by atoms with van der Waals surface area (Å²) >= 11 is 0. The van der Waals surface area contributed by atoms with E-state index in [1.807, 2.05) is 0 Å². The summed E-state index contributed by atoms with van der Waals surface area (Å²) in [7, 11) is 0. The predicted molar refractivity (Wildman–Crippen MR) is 84.5 cm³/mol. The molecule has 0 bridgehead atoms. The minimum absolute atomic E-state index is 0.107. The Labute approximate surface area is 129 Å². The number of hydrogen-bond acceptors (Lipinski definition) is 4. The molecule has 3 aliphatic rings. The lowest BCUT2D eigenvalue weighted by atomic mass is 9.80. The average molecular weight is 296 g/mol. The second kappa shape index (κ2) is 7.40. The first kappa shape index (κ1) is 15.7. The van der Waals surface area contributed by atoms with Crippen molar-refractivity contribution in [2.45, 2.75) is 51.0 Å². The zero-order valence-electron chi connectivity index (χ0n) is 13.4. The van der Waals surface area contributed by atoms with Crippen LogP contribution in [0.2, 0.25) is 0 Å². The molecule has 0 aromatic heterocycles. The Bertz CT molecular complexity index is 304. The van der Waals surface area contributed by atoms with E-state index in [9.17, 15) is 5.11 Å². The van der Waals surface area contributed by atoms with Crippen molar-refractivity contribution >= 4 is 0 Å². The number of nitrogens with zero attached hydrogens (tertiary/aromatic N) is 2. The second-order valence-electron chi connectivity index (χ2n) is 7.37. The van der Waals surface area contributed by atoms with Gasteiger partial charge in [0.05, 0.1) is 6.61 Å². The maximum absolute atomic E-state index is 9.84. The molecule has 3 saturated heterocycles. The van der Waals surface area contributed by atoms with Gasteiger partial charge in [-0.05, 0) is 64.7 Å². The van der Waals surface area contributed by atoms with Crippen molar-refractivity contribution in [3.8, 4) is 0 Å². The van der Waals surface area contributed by atoms with Crippen LogP contribution in [0.5, 0.6) is 0 Å². The number of piperidine rings is 2. The van der Waals surface area contributed by atoms with E-state index in [1.54, 1.807) is 0 Å². The van der Waals surface area contributed by atoms with Gasteiger partial charge in [-0.15, -0.1) is 0 Å². The summed E-state index contributed by atoms with van der Waals surface area (Å²) in [5.41, 5.74) is 0.107. The molecule has 0 unspecified atom stereocenters. The van der Waals surface area contributed by atoms with E-state index in [0.717, 1.165) is 38.6 Å². The third kappa shape index (κ3) is 3.98. The molecule has 3 rings (SSSR count). The van der Waals surface area contributed by atoms with E-state index in [0.29, 0.717) is 6.61 Å². The van der Waals surface area contributed by atoms with Gasteiger partial charge in [-0.25, -0.2) is 0 Å². The lowest BCUT2D eigenvalue weighted by Gasteiger charge is -2.44. The molecule has 0 aromatic carbocycles. The van der Waals surface area contributed by atoms with Gasteiger partial charge in [0.25, 0.3) is 0 Å². The molecule has 3 heterocycles. The second-order valence-corrected chi connectivity index (χ2v) is 7.37. The molecule has 0 aliphatic carbocycles. The van der Waals surface area contributed by atoms with Crippen LogP contribution in [-0.4, -0.2) is 73.5 Å². The molecule has 4 nitrogen and oxygen atoms in total. The lowest BCUT2D eigenvalue weighted by molar-refractivity contribution is -0.0405. The van der Waals surface area contributed by atoms with Crippen molar-refractivity contribution < 1.29 is 9.84 Å².